The molecule has 5 aromatic rings. The average molecular weight is 631 g/mol. The second kappa shape index (κ2) is 10.3. The molecule has 4 unspecified atom stereocenters. The molecule has 0 radical (unpaired) electrons. The molecule has 4 aromatic carbocycles. The van der Waals surface area contributed by atoms with E-state index in [9.17, 15) is 25.5 Å². The van der Waals surface area contributed by atoms with Crippen molar-refractivity contribution in [3.8, 4) is 51.6 Å². The molecule has 1 aliphatic carbocycles. The highest BCUT2D eigenvalue weighted by Gasteiger charge is 2.61. The van der Waals surface area contributed by atoms with E-state index in [-0.39, 0.29) is 40.6 Å². The molecule has 3 aliphatic rings. The van der Waals surface area contributed by atoms with Crippen molar-refractivity contribution in [3.05, 3.63) is 112 Å². The summed E-state index contributed by atoms with van der Waals surface area (Å²) in [5.74, 6) is -1.39. The van der Waals surface area contributed by atoms with Gasteiger partial charge in [0.05, 0.1) is 11.5 Å². The van der Waals surface area contributed by atoms with Crippen molar-refractivity contribution in [2.75, 3.05) is 0 Å². The van der Waals surface area contributed by atoms with Gasteiger partial charge >= 0.3 is 0 Å². The first kappa shape index (κ1) is 28.9. The van der Waals surface area contributed by atoms with E-state index in [2.05, 4.69) is 13.0 Å². The summed E-state index contributed by atoms with van der Waals surface area (Å²) >= 11 is 0. The van der Waals surface area contributed by atoms with Gasteiger partial charge in [0.1, 0.15) is 51.6 Å². The van der Waals surface area contributed by atoms with Gasteiger partial charge in [-0.15, -0.1) is 0 Å². The van der Waals surface area contributed by atoms with E-state index in [1.807, 2.05) is 32.1 Å². The summed E-state index contributed by atoms with van der Waals surface area (Å²) in [6.07, 6.45) is 5.34. The number of aromatic hydroxyl groups is 5. The summed E-state index contributed by atoms with van der Waals surface area (Å²) in [7, 11) is 0. The van der Waals surface area contributed by atoms with Crippen molar-refractivity contribution in [1.29, 1.82) is 0 Å². The number of phenolic OH excluding ortho intramolecular Hbond substituents is 5. The maximum absolute atomic E-state index is 11.7. The summed E-state index contributed by atoms with van der Waals surface area (Å²) in [6, 6.07) is 18.1. The summed E-state index contributed by atoms with van der Waals surface area (Å²) in [5, 5.41) is 55.1. The van der Waals surface area contributed by atoms with Gasteiger partial charge in [0, 0.05) is 46.0 Å². The number of fused-ring (bicyclic) bond motifs is 5. The number of benzene rings is 4. The Morgan fingerprint density at radius 1 is 0.830 bits per heavy atom. The van der Waals surface area contributed by atoms with E-state index in [4.69, 9.17) is 13.9 Å². The van der Waals surface area contributed by atoms with Crippen LogP contribution in [0.1, 0.15) is 61.3 Å². The van der Waals surface area contributed by atoms with E-state index in [0.29, 0.717) is 57.9 Å². The highest BCUT2D eigenvalue weighted by atomic mass is 16.7. The zero-order valence-electron chi connectivity index (χ0n) is 26.1. The van der Waals surface area contributed by atoms with Crippen LogP contribution in [0.2, 0.25) is 0 Å². The molecule has 8 heteroatoms. The van der Waals surface area contributed by atoms with Gasteiger partial charge < -0.3 is 39.4 Å². The number of hydrogen-bond donors (Lipinski definition) is 5. The van der Waals surface area contributed by atoms with Crippen molar-refractivity contribution in [1.82, 2.24) is 0 Å². The van der Waals surface area contributed by atoms with Gasteiger partial charge in [-0.25, -0.2) is 0 Å². The lowest BCUT2D eigenvalue weighted by Crippen LogP contribution is -2.56. The molecular weight excluding hydrogens is 596 g/mol. The van der Waals surface area contributed by atoms with E-state index in [1.54, 1.807) is 42.5 Å². The van der Waals surface area contributed by atoms with Gasteiger partial charge in [0.25, 0.3) is 5.79 Å². The fraction of sp³-hybridized carbons (Fsp3) is 0.231. The number of rotatable bonds is 4. The van der Waals surface area contributed by atoms with Crippen LogP contribution in [0.3, 0.4) is 0 Å². The molecule has 4 atom stereocenters. The van der Waals surface area contributed by atoms with E-state index in [1.165, 1.54) is 12.1 Å². The quantitative estimate of drug-likeness (QED) is 0.125. The fourth-order valence-electron chi connectivity index (χ4n) is 7.75. The second-order valence-corrected chi connectivity index (χ2v) is 13.2. The third-order valence-electron chi connectivity index (χ3n) is 9.76. The Labute approximate surface area is 271 Å². The van der Waals surface area contributed by atoms with Crippen LogP contribution in [0.25, 0.3) is 22.3 Å². The van der Waals surface area contributed by atoms with E-state index >= 15 is 0 Å². The largest absolute Gasteiger partial charge is 0.508 e. The smallest absolute Gasteiger partial charge is 0.285 e. The van der Waals surface area contributed by atoms with Gasteiger partial charge in [-0.3, -0.25) is 0 Å². The molecule has 0 bridgehead atoms. The number of phenols is 5. The Morgan fingerprint density at radius 2 is 1.60 bits per heavy atom. The van der Waals surface area contributed by atoms with Crippen LogP contribution in [-0.2, 0) is 12.2 Å². The van der Waals surface area contributed by atoms with E-state index in [0.717, 1.165) is 22.1 Å². The van der Waals surface area contributed by atoms with Crippen molar-refractivity contribution in [3.63, 3.8) is 0 Å². The van der Waals surface area contributed by atoms with Gasteiger partial charge in [0.15, 0.2) is 0 Å². The molecule has 1 aromatic heterocycles. The normalized spacial score (nSPS) is 22.3. The van der Waals surface area contributed by atoms with Gasteiger partial charge in [-0.05, 0) is 87.7 Å². The van der Waals surface area contributed by atoms with Gasteiger partial charge in [-0.2, -0.15) is 0 Å². The summed E-state index contributed by atoms with van der Waals surface area (Å²) in [4.78, 5) is 0. The van der Waals surface area contributed by atoms with Crippen molar-refractivity contribution in [2.24, 2.45) is 5.92 Å². The summed E-state index contributed by atoms with van der Waals surface area (Å²) in [6.45, 7) is 6.06. The Hall–Kier alpha value is -5.50. The minimum absolute atomic E-state index is 0.0281. The average Bonchev–Trinajstić information content (AvgIpc) is 3.44. The molecule has 8 nitrogen and oxygen atoms in total. The monoisotopic (exact) mass is 630 g/mol. The lowest BCUT2D eigenvalue weighted by Gasteiger charge is -2.55. The number of ether oxygens (including phenoxy) is 2. The van der Waals surface area contributed by atoms with Crippen molar-refractivity contribution < 1.29 is 39.4 Å². The Balaban J connectivity index is 1.34. The Morgan fingerprint density at radius 3 is 2.38 bits per heavy atom. The zero-order valence-corrected chi connectivity index (χ0v) is 26.1. The maximum atomic E-state index is 11.7. The molecule has 0 spiro atoms. The van der Waals surface area contributed by atoms with Crippen LogP contribution in [0.4, 0.5) is 0 Å². The lowest BCUT2D eigenvalue weighted by atomic mass is 9.61. The van der Waals surface area contributed by atoms with E-state index < -0.39 is 11.7 Å². The predicted octanol–water partition coefficient (Wildman–Crippen LogP) is 8.61. The SMILES string of the molecule is CC(C)=CCc1c(O)ccc2cc(-c3cc(O)c4c(c3)OC3(c5ccc(O)cc5O)Oc5cc(O)ccc5C5CC(C)=CC4C53)oc12. The predicted molar refractivity (Wildman–Crippen MR) is 176 cm³/mol. The topological polar surface area (TPSA) is 133 Å². The number of furan rings is 1. The molecule has 0 fully saturated rings. The number of hydrogen-bond acceptors (Lipinski definition) is 8. The summed E-state index contributed by atoms with van der Waals surface area (Å²) in [5.41, 5.74) is 5.84. The molecule has 0 amide bonds. The highest BCUT2D eigenvalue weighted by molar-refractivity contribution is 5.87. The molecule has 2 aliphatic heterocycles. The molecule has 5 N–H and O–H groups in total. The zero-order chi connectivity index (χ0) is 32.8. The molecule has 47 heavy (non-hydrogen) atoms. The van der Waals surface area contributed by atoms with Crippen LogP contribution in [0.5, 0.6) is 40.2 Å². The molecule has 0 saturated carbocycles. The maximum Gasteiger partial charge on any atom is 0.285 e. The first-order valence-corrected chi connectivity index (χ1v) is 15.7. The van der Waals surface area contributed by atoms with Crippen molar-refractivity contribution >= 4 is 11.0 Å². The van der Waals surface area contributed by atoms with Crippen LogP contribution in [-0.4, -0.2) is 25.5 Å². The van der Waals surface area contributed by atoms with Crippen LogP contribution in [0, 0.1) is 5.92 Å². The van der Waals surface area contributed by atoms with Gasteiger partial charge in [-0.1, -0.05) is 29.4 Å². The first-order chi connectivity index (χ1) is 22.5. The van der Waals surface area contributed by atoms with Crippen LogP contribution < -0.4 is 9.47 Å². The standard InChI is InChI=1S/C39H34O8/c1-19(2)4-8-26-30(42)11-5-21-15-33(45-38(21)26)22-14-32(44)36-28-13-20(3)12-27-25-9-6-24(41)18-34(25)46-39(37(27)28,47-35(36)16-22)29-10-7-23(40)17-31(29)43/h4-7,9-11,13-18,27-28,37,40-44H,8,12H2,1-3H3. The van der Waals surface area contributed by atoms with Crippen LogP contribution >= 0.6 is 0 Å². The third-order valence-corrected chi connectivity index (χ3v) is 9.76. The van der Waals surface area contributed by atoms with Gasteiger partial charge in [0.2, 0.25) is 0 Å². The number of allylic oxidation sites excluding steroid dienone is 4. The van der Waals surface area contributed by atoms with Crippen LogP contribution in [0.15, 0.2) is 94.4 Å². The first-order valence-electron chi connectivity index (χ1n) is 15.7. The summed E-state index contributed by atoms with van der Waals surface area (Å²) < 4.78 is 20.0. The Kier molecular flexibility index (Phi) is 6.31. The molecule has 0 saturated heterocycles. The third kappa shape index (κ3) is 4.42. The minimum Gasteiger partial charge on any atom is -0.508 e. The molecule has 238 valence electrons. The minimum atomic E-state index is -1.58. The molecule has 3 heterocycles. The lowest BCUT2D eigenvalue weighted by molar-refractivity contribution is -0.198. The molecule has 8 rings (SSSR count). The second-order valence-electron chi connectivity index (χ2n) is 13.2. The fourth-order valence-corrected chi connectivity index (χ4v) is 7.75. The molecular formula is C39H34O8. The van der Waals surface area contributed by atoms with Crippen molar-refractivity contribution in [2.45, 2.75) is 51.2 Å². The highest BCUT2D eigenvalue weighted by Crippen LogP contribution is 2.65. The Bertz CT molecular complexity index is 2170.